The summed E-state index contributed by atoms with van der Waals surface area (Å²) in [5.41, 5.74) is 0.315. The maximum Gasteiger partial charge on any atom is 0.276 e. The molecule has 1 N–H and O–H groups in total. The van der Waals surface area contributed by atoms with Crippen LogP contribution in [0.1, 0.15) is 43.9 Å². The number of hydrogen-bond donors (Lipinski definition) is 1. The molecule has 9 heteroatoms. The zero-order valence-electron chi connectivity index (χ0n) is 14.6. The van der Waals surface area contributed by atoms with Crippen molar-refractivity contribution in [1.29, 1.82) is 0 Å². The lowest BCUT2D eigenvalue weighted by Crippen LogP contribution is -2.30. The SMILES string of the molecule is O=C(NCCn1cccn1)c1ccc(C2CCCN2C(=O)c2ccon2)s1. The predicted octanol–water partition coefficient (Wildman–Crippen LogP) is 2.34. The van der Waals surface area contributed by atoms with E-state index in [0.717, 1.165) is 17.7 Å². The summed E-state index contributed by atoms with van der Waals surface area (Å²) in [6, 6.07) is 7.16. The molecular weight excluding hydrogens is 366 g/mol. The molecule has 4 heterocycles. The lowest BCUT2D eigenvalue weighted by atomic mass is 10.2. The van der Waals surface area contributed by atoms with E-state index in [1.807, 2.05) is 29.3 Å². The molecule has 3 aromatic heterocycles. The predicted molar refractivity (Wildman–Crippen MR) is 98.4 cm³/mol. The molecule has 0 radical (unpaired) electrons. The van der Waals surface area contributed by atoms with E-state index in [9.17, 15) is 9.59 Å². The Labute approximate surface area is 159 Å². The summed E-state index contributed by atoms with van der Waals surface area (Å²) in [5, 5.41) is 10.8. The molecule has 8 nitrogen and oxygen atoms in total. The third-order valence-electron chi connectivity index (χ3n) is 4.54. The Kier molecular flexibility index (Phi) is 5.01. The summed E-state index contributed by atoms with van der Waals surface area (Å²) >= 11 is 1.43. The van der Waals surface area contributed by atoms with Crippen LogP contribution in [0.3, 0.4) is 0 Å². The van der Waals surface area contributed by atoms with Crippen molar-refractivity contribution in [2.75, 3.05) is 13.1 Å². The molecule has 140 valence electrons. The van der Waals surface area contributed by atoms with Crippen molar-refractivity contribution in [2.45, 2.75) is 25.4 Å². The fourth-order valence-corrected chi connectivity index (χ4v) is 4.31. The van der Waals surface area contributed by atoms with E-state index < -0.39 is 0 Å². The van der Waals surface area contributed by atoms with Crippen molar-refractivity contribution in [3.8, 4) is 0 Å². The molecule has 0 aromatic carbocycles. The molecule has 2 amide bonds. The van der Waals surface area contributed by atoms with Gasteiger partial charge < -0.3 is 14.7 Å². The van der Waals surface area contributed by atoms with Crippen LogP contribution in [0.5, 0.6) is 0 Å². The van der Waals surface area contributed by atoms with Crippen molar-refractivity contribution in [3.05, 3.63) is 58.4 Å². The Hall–Kier alpha value is -2.94. The fraction of sp³-hybridized carbons (Fsp3) is 0.333. The highest BCUT2D eigenvalue weighted by Crippen LogP contribution is 2.36. The number of thiophene rings is 1. The van der Waals surface area contributed by atoms with Crippen LogP contribution in [0.4, 0.5) is 0 Å². The van der Waals surface area contributed by atoms with Crippen molar-refractivity contribution >= 4 is 23.2 Å². The summed E-state index contributed by atoms with van der Waals surface area (Å²) in [7, 11) is 0. The normalized spacial score (nSPS) is 16.6. The third-order valence-corrected chi connectivity index (χ3v) is 5.72. The van der Waals surface area contributed by atoms with Gasteiger partial charge in [0, 0.05) is 36.4 Å². The maximum absolute atomic E-state index is 12.6. The summed E-state index contributed by atoms with van der Waals surface area (Å²) < 4.78 is 6.55. The van der Waals surface area contributed by atoms with Crippen LogP contribution in [0, 0.1) is 0 Å². The first kappa shape index (κ1) is 17.5. The first-order chi connectivity index (χ1) is 13.2. The lowest BCUT2D eigenvalue weighted by Gasteiger charge is -2.22. The van der Waals surface area contributed by atoms with E-state index >= 15 is 0 Å². The molecule has 1 aliphatic heterocycles. The van der Waals surface area contributed by atoms with Crippen LogP contribution in [-0.4, -0.2) is 44.7 Å². The molecule has 27 heavy (non-hydrogen) atoms. The van der Waals surface area contributed by atoms with E-state index in [1.54, 1.807) is 16.9 Å². The second kappa shape index (κ2) is 7.75. The Morgan fingerprint density at radius 2 is 2.26 bits per heavy atom. The summed E-state index contributed by atoms with van der Waals surface area (Å²) in [5.74, 6) is -0.240. The fourth-order valence-electron chi connectivity index (χ4n) is 3.23. The number of amides is 2. The summed E-state index contributed by atoms with van der Waals surface area (Å²) in [4.78, 5) is 28.4. The molecule has 0 saturated carbocycles. The molecule has 1 unspecified atom stereocenters. The molecule has 4 rings (SSSR count). The van der Waals surface area contributed by atoms with Crippen molar-refractivity contribution in [3.63, 3.8) is 0 Å². The van der Waals surface area contributed by atoms with Crippen LogP contribution in [-0.2, 0) is 6.54 Å². The molecule has 0 bridgehead atoms. The first-order valence-electron chi connectivity index (χ1n) is 8.79. The van der Waals surface area contributed by atoms with Gasteiger partial charge in [0.25, 0.3) is 11.8 Å². The summed E-state index contributed by atoms with van der Waals surface area (Å²) in [6.07, 6.45) is 6.77. The maximum atomic E-state index is 12.6. The quantitative estimate of drug-likeness (QED) is 0.703. The number of likely N-dealkylation sites (tertiary alicyclic amines) is 1. The van der Waals surface area contributed by atoms with E-state index in [0.29, 0.717) is 30.2 Å². The van der Waals surface area contributed by atoms with Crippen molar-refractivity contribution in [2.24, 2.45) is 0 Å². The highest BCUT2D eigenvalue weighted by molar-refractivity contribution is 7.14. The Bertz CT molecular complexity index is 903. The highest BCUT2D eigenvalue weighted by Gasteiger charge is 2.33. The topological polar surface area (TPSA) is 93.3 Å². The van der Waals surface area contributed by atoms with Crippen molar-refractivity contribution in [1.82, 2.24) is 25.2 Å². The standard InChI is InChI=1S/C18H19N5O3S/c24-17(19-8-11-22-9-2-7-20-22)16-5-4-15(27-16)14-3-1-10-23(14)18(25)13-6-12-26-21-13/h2,4-7,9,12,14H,1,3,8,10-11H2,(H,19,24). The van der Waals surface area contributed by atoms with Crippen LogP contribution >= 0.6 is 11.3 Å². The second-order valence-corrected chi connectivity index (χ2v) is 7.38. The molecule has 0 spiro atoms. The van der Waals surface area contributed by atoms with Gasteiger partial charge in [-0.05, 0) is 31.0 Å². The van der Waals surface area contributed by atoms with Crippen molar-refractivity contribution < 1.29 is 14.1 Å². The van der Waals surface area contributed by atoms with E-state index in [1.165, 1.54) is 17.6 Å². The van der Waals surface area contributed by atoms with E-state index in [-0.39, 0.29) is 17.9 Å². The number of nitrogens with one attached hydrogen (secondary N) is 1. The zero-order chi connectivity index (χ0) is 18.6. The average molecular weight is 385 g/mol. The molecule has 3 aromatic rings. The van der Waals surface area contributed by atoms with Gasteiger partial charge in [-0.25, -0.2) is 0 Å². The van der Waals surface area contributed by atoms with Crippen LogP contribution in [0.2, 0.25) is 0 Å². The van der Waals surface area contributed by atoms with Gasteiger partial charge in [0.05, 0.1) is 17.5 Å². The first-order valence-corrected chi connectivity index (χ1v) is 9.61. The molecule has 1 aliphatic rings. The highest BCUT2D eigenvalue weighted by atomic mass is 32.1. The van der Waals surface area contributed by atoms with Gasteiger partial charge in [-0.1, -0.05) is 5.16 Å². The number of carbonyl (C=O) groups is 2. The van der Waals surface area contributed by atoms with Gasteiger partial charge in [0.2, 0.25) is 0 Å². The van der Waals surface area contributed by atoms with Crippen LogP contribution in [0.15, 0.2) is 47.4 Å². The molecular formula is C18H19N5O3S. The monoisotopic (exact) mass is 385 g/mol. The zero-order valence-corrected chi connectivity index (χ0v) is 15.4. The van der Waals surface area contributed by atoms with Crippen LogP contribution < -0.4 is 5.32 Å². The Balaban J connectivity index is 1.39. The van der Waals surface area contributed by atoms with Crippen LogP contribution in [0.25, 0.3) is 0 Å². The molecule has 1 atom stereocenters. The lowest BCUT2D eigenvalue weighted by molar-refractivity contribution is 0.0727. The van der Waals surface area contributed by atoms with Gasteiger partial charge in [-0.3, -0.25) is 14.3 Å². The third kappa shape index (κ3) is 3.77. The molecule has 0 aliphatic carbocycles. The number of nitrogens with zero attached hydrogens (tertiary/aromatic N) is 4. The average Bonchev–Trinajstić information content (AvgIpc) is 3.49. The Morgan fingerprint density at radius 1 is 1.33 bits per heavy atom. The van der Waals surface area contributed by atoms with Gasteiger partial charge in [-0.2, -0.15) is 5.10 Å². The number of aromatic nitrogens is 3. The van der Waals surface area contributed by atoms with Gasteiger partial charge in [0.15, 0.2) is 5.69 Å². The van der Waals surface area contributed by atoms with E-state index in [4.69, 9.17) is 4.52 Å². The smallest absolute Gasteiger partial charge is 0.276 e. The Morgan fingerprint density at radius 3 is 3.04 bits per heavy atom. The largest absolute Gasteiger partial charge is 0.364 e. The number of hydrogen-bond acceptors (Lipinski definition) is 6. The minimum absolute atomic E-state index is 0.0233. The second-order valence-electron chi connectivity index (χ2n) is 6.27. The number of carbonyl (C=O) groups excluding carboxylic acids is 2. The molecule has 1 fully saturated rings. The van der Waals surface area contributed by atoms with Gasteiger partial charge in [0.1, 0.15) is 6.26 Å². The van der Waals surface area contributed by atoms with Gasteiger partial charge in [-0.15, -0.1) is 11.3 Å². The molecule has 1 saturated heterocycles. The van der Waals surface area contributed by atoms with E-state index in [2.05, 4.69) is 15.6 Å². The minimum Gasteiger partial charge on any atom is -0.364 e. The minimum atomic E-state index is -0.134. The summed E-state index contributed by atoms with van der Waals surface area (Å²) in [6.45, 7) is 1.81. The number of rotatable bonds is 6. The van der Waals surface area contributed by atoms with Gasteiger partial charge >= 0.3 is 0 Å².